The molecule has 150 valence electrons. The Hall–Kier alpha value is -1.90. The second-order valence-corrected chi connectivity index (χ2v) is 9.82. The largest absolute Gasteiger partial charge is 0.494 e. The molecule has 1 saturated heterocycles. The van der Waals surface area contributed by atoms with E-state index in [1.54, 1.807) is 40.3 Å². The molecule has 0 bridgehead atoms. The fourth-order valence-electron chi connectivity index (χ4n) is 3.39. The van der Waals surface area contributed by atoms with Gasteiger partial charge in [-0.05, 0) is 55.3 Å². The van der Waals surface area contributed by atoms with Gasteiger partial charge in [0.25, 0.3) is 0 Å². The smallest absolute Gasteiger partial charge is 0.243 e. The van der Waals surface area contributed by atoms with E-state index in [-0.39, 0.29) is 12.0 Å². The molecule has 4 rings (SSSR count). The van der Waals surface area contributed by atoms with Crippen molar-refractivity contribution in [1.82, 2.24) is 4.31 Å². The summed E-state index contributed by atoms with van der Waals surface area (Å²) < 4.78 is 43.9. The molecule has 0 N–H and O–H groups in total. The van der Waals surface area contributed by atoms with Gasteiger partial charge in [0.15, 0.2) is 11.5 Å². The van der Waals surface area contributed by atoms with Crippen molar-refractivity contribution in [3.63, 3.8) is 0 Å². The molecular formula is C20H23NO5S2. The minimum Gasteiger partial charge on any atom is -0.494 e. The van der Waals surface area contributed by atoms with Crippen LogP contribution in [0, 0.1) is 0 Å². The molecular weight excluding hydrogens is 398 g/mol. The van der Waals surface area contributed by atoms with E-state index in [1.165, 1.54) is 0 Å². The lowest BCUT2D eigenvalue weighted by Crippen LogP contribution is -2.33. The third-order valence-corrected chi connectivity index (χ3v) is 8.08. The van der Waals surface area contributed by atoms with E-state index in [4.69, 9.17) is 14.2 Å². The average molecular weight is 422 g/mol. The fourth-order valence-corrected chi connectivity index (χ4v) is 6.19. The molecule has 1 atom stereocenters. The summed E-state index contributed by atoms with van der Waals surface area (Å²) in [5.41, 5.74) is 1.15. The van der Waals surface area contributed by atoms with Crippen LogP contribution in [0.4, 0.5) is 0 Å². The van der Waals surface area contributed by atoms with Crippen LogP contribution in [0.3, 0.4) is 0 Å². The number of rotatable bonds is 5. The average Bonchev–Trinajstić information content (AvgIpc) is 3.02. The van der Waals surface area contributed by atoms with Gasteiger partial charge >= 0.3 is 0 Å². The molecule has 1 unspecified atom stereocenters. The van der Waals surface area contributed by atoms with Gasteiger partial charge in [0.05, 0.1) is 11.5 Å². The standard InChI is InChI=1S/C20H23NO5S2/c1-2-24-16-4-6-17(7-5-16)28(22,23)21-10-9-20(27-12-11-21)15-3-8-18-19(13-15)26-14-25-18/h3-8,13,20H,2,9-12,14H2,1H3. The SMILES string of the molecule is CCOc1ccc(S(=O)(=O)N2CCSC(c3ccc4c(c3)OCO4)CC2)cc1. The summed E-state index contributed by atoms with van der Waals surface area (Å²) in [5, 5.41) is 0.232. The van der Waals surface area contributed by atoms with Gasteiger partial charge in [0, 0.05) is 24.1 Å². The first-order valence-electron chi connectivity index (χ1n) is 9.32. The van der Waals surface area contributed by atoms with E-state index in [2.05, 4.69) is 0 Å². The Morgan fingerprint density at radius 2 is 1.89 bits per heavy atom. The third kappa shape index (κ3) is 3.94. The number of benzene rings is 2. The van der Waals surface area contributed by atoms with Crippen molar-refractivity contribution < 1.29 is 22.6 Å². The molecule has 8 heteroatoms. The van der Waals surface area contributed by atoms with E-state index in [9.17, 15) is 8.42 Å². The minimum absolute atomic E-state index is 0.232. The molecule has 2 aliphatic heterocycles. The van der Waals surface area contributed by atoms with Crippen LogP contribution >= 0.6 is 11.8 Å². The van der Waals surface area contributed by atoms with Crippen LogP contribution < -0.4 is 14.2 Å². The molecule has 0 radical (unpaired) electrons. The summed E-state index contributed by atoms with van der Waals surface area (Å²) in [7, 11) is -3.51. The molecule has 2 heterocycles. The predicted molar refractivity (Wildman–Crippen MR) is 109 cm³/mol. The topological polar surface area (TPSA) is 65.1 Å². The molecule has 1 fully saturated rings. The van der Waals surface area contributed by atoms with Crippen molar-refractivity contribution in [2.24, 2.45) is 0 Å². The van der Waals surface area contributed by atoms with Crippen molar-refractivity contribution in [2.45, 2.75) is 23.5 Å². The fraction of sp³-hybridized carbons (Fsp3) is 0.400. The molecule has 0 spiro atoms. The summed E-state index contributed by atoms with van der Waals surface area (Å²) in [6.07, 6.45) is 0.751. The predicted octanol–water partition coefficient (Wildman–Crippen LogP) is 3.68. The molecule has 6 nitrogen and oxygen atoms in total. The van der Waals surface area contributed by atoms with E-state index >= 15 is 0 Å². The zero-order chi connectivity index (χ0) is 19.6. The number of hydrogen-bond donors (Lipinski definition) is 0. The van der Waals surface area contributed by atoms with Gasteiger partial charge in [-0.1, -0.05) is 6.07 Å². The van der Waals surface area contributed by atoms with Gasteiger partial charge in [0.1, 0.15) is 5.75 Å². The molecule has 0 aromatic heterocycles. The number of sulfonamides is 1. The van der Waals surface area contributed by atoms with E-state index in [0.717, 1.165) is 29.2 Å². The summed E-state index contributed by atoms with van der Waals surface area (Å²) in [4.78, 5) is 0.308. The number of thioether (sulfide) groups is 1. The first-order valence-corrected chi connectivity index (χ1v) is 11.8. The van der Waals surface area contributed by atoms with E-state index in [0.29, 0.717) is 30.3 Å². The zero-order valence-electron chi connectivity index (χ0n) is 15.7. The van der Waals surface area contributed by atoms with Crippen LogP contribution in [0.15, 0.2) is 47.4 Å². The van der Waals surface area contributed by atoms with Crippen molar-refractivity contribution in [3.05, 3.63) is 48.0 Å². The van der Waals surface area contributed by atoms with Gasteiger partial charge < -0.3 is 14.2 Å². The monoisotopic (exact) mass is 421 g/mol. The van der Waals surface area contributed by atoms with Crippen LogP contribution in [-0.4, -0.2) is 45.0 Å². The first-order chi connectivity index (χ1) is 13.6. The summed E-state index contributed by atoms with van der Waals surface area (Å²) in [6.45, 7) is 3.69. The van der Waals surface area contributed by atoms with Crippen LogP contribution in [0.25, 0.3) is 0 Å². The van der Waals surface area contributed by atoms with Crippen LogP contribution in [0.1, 0.15) is 24.2 Å². The Bertz CT molecular complexity index is 930. The summed E-state index contributed by atoms with van der Waals surface area (Å²) >= 11 is 1.78. The molecule has 0 amide bonds. The highest BCUT2D eigenvalue weighted by atomic mass is 32.2. The first kappa shape index (κ1) is 19.4. The Labute approximate surface area is 169 Å². The van der Waals surface area contributed by atoms with Crippen molar-refractivity contribution in [3.8, 4) is 17.2 Å². The maximum absolute atomic E-state index is 13.0. The van der Waals surface area contributed by atoms with E-state index < -0.39 is 10.0 Å². The lowest BCUT2D eigenvalue weighted by atomic mass is 10.1. The van der Waals surface area contributed by atoms with Gasteiger partial charge in [-0.25, -0.2) is 8.42 Å². The lowest BCUT2D eigenvalue weighted by Gasteiger charge is -2.20. The minimum atomic E-state index is -3.51. The lowest BCUT2D eigenvalue weighted by molar-refractivity contribution is 0.174. The Balaban J connectivity index is 1.47. The highest BCUT2D eigenvalue weighted by Gasteiger charge is 2.29. The summed E-state index contributed by atoms with van der Waals surface area (Å²) in [6, 6.07) is 12.6. The van der Waals surface area contributed by atoms with Crippen molar-refractivity contribution >= 4 is 21.8 Å². The quantitative estimate of drug-likeness (QED) is 0.734. The Kier molecular flexibility index (Phi) is 5.70. The number of nitrogens with zero attached hydrogens (tertiary/aromatic N) is 1. The normalized spacial score (nSPS) is 20.0. The highest BCUT2D eigenvalue weighted by molar-refractivity contribution is 7.99. The number of ether oxygens (including phenoxy) is 3. The van der Waals surface area contributed by atoms with Gasteiger partial charge in [-0.15, -0.1) is 0 Å². The van der Waals surface area contributed by atoms with Crippen LogP contribution in [0.5, 0.6) is 17.2 Å². The van der Waals surface area contributed by atoms with E-state index in [1.807, 2.05) is 25.1 Å². The molecule has 0 saturated carbocycles. The van der Waals surface area contributed by atoms with Gasteiger partial charge in [-0.2, -0.15) is 16.1 Å². The molecule has 0 aliphatic carbocycles. The zero-order valence-corrected chi connectivity index (χ0v) is 17.3. The van der Waals surface area contributed by atoms with Crippen LogP contribution in [0.2, 0.25) is 0 Å². The molecule has 2 aliphatic rings. The number of fused-ring (bicyclic) bond motifs is 1. The second-order valence-electron chi connectivity index (χ2n) is 6.57. The highest BCUT2D eigenvalue weighted by Crippen LogP contribution is 2.40. The number of hydrogen-bond acceptors (Lipinski definition) is 6. The maximum atomic E-state index is 13.0. The van der Waals surface area contributed by atoms with Crippen molar-refractivity contribution in [1.29, 1.82) is 0 Å². The Morgan fingerprint density at radius 3 is 2.68 bits per heavy atom. The summed E-state index contributed by atoms with van der Waals surface area (Å²) in [5.74, 6) is 2.95. The van der Waals surface area contributed by atoms with Gasteiger partial charge in [0.2, 0.25) is 16.8 Å². The van der Waals surface area contributed by atoms with Crippen LogP contribution in [-0.2, 0) is 10.0 Å². The maximum Gasteiger partial charge on any atom is 0.243 e. The van der Waals surface area contributed by atoms with Gasteiger partial charge in [-0.3, -0.25) is 0 Å². The Morgan fingerprint density at radius 1 is 1.11 bits per heavy atom. The molecule has 2 aromatic rings. The molecule has 28 heavy (non-hydrogen) atoms. The molecule has 2 aromatic carbocycles. The van der Waals surface area contributed by atoms with Crippen molar-refractivity contribution in [2.75, 3.05) is 32.2 Å². The third-order valence-electron chi connectivity index (χ3n) is 4.84. The second kappa shape index (κ2) is 8.23.